The van der Waals surface area contributed by atoms with E-state index in [1.807, 2.05) is 0 Å². The van der Waals surface area contributed by atoms with Crippen LogP contribution in [0.2, 0.25) is 5.02 Å². The number of hydrogen-bond acceptors (Lipinski definition) is 6. The SMILES string of the molecule is O=C(c1ccccc1[C@@H]1C[C@]1(NS(=O)(=O)c1ccc(-c2ccc(Cl)cc2)s1)C(=O)O)N1CCOCC1. The van der Waals surface area contributed by atoms with Crippen LogP contribution in [0, 0.1) is 0 Å². The van der Waals surface area contributed by atoms with Gasteiger partial charge in [-0.2, -0.15) is 4.72 Å². The molecule has 2 fully saturated rings. The van der Waals surface area contributed by atoms with Crippen molar-refractivity contribution in [3.8, 4) is 10.4 Å². The zero-order chi connectivity index (χ0) is 25.5. The van der Waals surface area contributed by atoms with Crippen molar-refractivity contribution >= 4 is 44.8 Å². The third-order valence-corrected chi connectivity index (χ3v) is 9.89. The molecule has 2 heterocycles. The molecule has 0 radical (unpaired) electrons. The van der Waals surface area contributed by atoms with Crippen LogP contribution in [0.15, 0.2) is 64.9 Å². The van der Waals surface area contributed by atoms with Crippen LogP contribution in [0.5, 0.6) is 0 Å². The lowest BCUT2D eigenvalue weighted by Crippen LogP contribution is -2.44. The first-order chi connectivity index (χ1) is 17.2. The standard InChI is InChI=1S/C25H23ClN2O6S2/c26-17-7-5-16(6-8-17)21-9-10-22(35-21)36(32,33)27-25(24(30)31)15-20(25)18-3-1-2-4-19(18)23(29)28-11-13-34-14-12-28/h1-10,20,27H,11-15H2,(H,30,31)/t20-,25+/m0/s1. The van der Waals surface area contributed by atoms with Gasteiger partial charge in [0, 0.05) is 34.5 Å². The summed E-state index contributed by atoms with van der Waals surface area (Å²) in [7, 11) is -4.14. The number of carboxylic acids is 1. The van der Waals surface area contributed by atoms with E-state index in [1.54, 1.807) is 59.5 Å². The molecule has 1 aliphatic heterocycles. The Balaban J connectivity index is 1.41. The number of morpholine rings is 1. The zero-order valence-electron chi connectivity index (χ0n) is 19.0. The number of carbonyl (C=O) groups is 2. The van der Waals surface area contributed by atoms with Crippen molar-refractivity contribution in [2.24, 2.45) is 0 Å². The Morgan fingerprint density at radius 1 is 1.06 bits per heavy atom. The lowest BCUT2D eigenvalue weighted by Gasteiger charge is -2.27. The van der Waals surface area contributed by atoms with Gasteiger partial charge in [0.25, 0.3) is 15.9 Å². The fraction of sp³-hybridized carbons (Fsp3) is 0.280. The van der Waals surface area contributed by atoms with E-state index >= 15 is 0 Å². The minimum atomic E-state index is -4.14. The summed E-state index contributed by atoms with van der Waals surface area (Å²) in [5, 5.41) is 10.7. The number of rotatable bonds is 7. The normalized spacial score (nSPS) is 21.8. The fourth-order valence-electron chi connectivity index (χ4n) is 4.49. The summed E-state index contributed by atoms with van der Waals surface area (Å²) in [5.74, 6) is -2.17. The summed E-state index contributed by atoms with van der Waals surface area (Å²) < 4.78 is 34.3. The van der Waals surface area contributed by atoms with Gasteiger partial charge in [-0.05, 0) is 47.9 Å². The molecule has 11 heteroatoms. The number of thiophene rings is 1. The highest BCUT2D eigenvalue weighted by atomic mass is 35.5. The van der Waals surface area contributed by atoms with Gasteiger partial charge in [0.1, 0.15) is 9.75 Å². The predicted molar refractivity (Wildman–Crippen MR) is 136 cm³/mol. The van der Waals surface area contributed by atoms with Gasteiger partial charge < -0.3 is 14.7 Å². The van der Waals surface area contributed by atoms with E-state index in [2.05, 4.69) is 4.72 Å². The van der Waals surface area contributed by atoms with Crippen LogP contribution in [-0.4, -0.2) is 62.1 Å². The molecule has 36 heavy (non-hydrogen) atoms. The Bertz CT molecular complexity index is 1420. The Kier molecular flexibility index (Phi) is 6.65. The highest BCUT2D eigenvalue weighted by Gasteiger charge is 2.64. The number of benzene rings is 2. The van der Waals surface area contributed by atoms with E-state index in [1.165, 1.54) is 6.07 Å². The Hall–Kier alpha value is -2.76. The van der Waals surface area contributed by atoms with Crippen LogP contribution < -0.4 is 4.72 Å². The minimum Gasteiger partial charge on any atom is -0.480 e. The van der Waals surface area contributed by atoms with Crippen molar-refractivity contribution in [3.05, 3.63) is 76.8 Å². The summed E-state index contributed by atoms with van der Waals surface area (Å²) in [4.78, 5) is 27.9. The molecule has 5 rings (SSSR count). The van der Waals surface area contributed by atoms with Gasteiger partial charge in [0.2, 0.25) is 0 Å². The average molecular weight is 547 g/mol. The summed E-state index contributed by atoms with van der Waals surface area (Å²) in [6.45, 7) is 1.77. The monoisotopic (exact) mass is 546 g/mol. The van der Waals surface area contributed by atoms with Crippen LogP contribution in [0.4, 0.5) is 0 Å². The molecule has 2 aliphatic rings. The topological polar surface area (TPSA) is 113 Å². The zero-order valence-corrected chi connectivity index (χ0v) is 21.4. The van der Waals surface area contributed by atoms with Gasteiger partial charge in [-0.15, -0.1) is 11.3 Å². The first kappa shape index (κ1) is 24.9. The number of nitrogens with zero attached hydrogens (tertiary/aromatic N) is 1. The maximum absolute atomic E-state index is 13.3. The highest BCUT2D eigenvalue weighted by molar-refractivity contribution is 7.91. The molecule has 1 amide bonds. The molecule has 1 saturated carbocycles. The van der Waals surface area contributed by atoms with Crippen LogP contribution in [0.3, 0.4) is 0 Å². The van der Waals surface area contributed by atoms with E-state index in [9.17, 15) is 23.1 Å². The molecule has 0 bridgehead atoms. The molecule has 1 aliphatic carbocycles. The summed E-state index contributed by atoms with van der Waals surface area (Å²) in [5.41, 5.74) is -0.0244. The van der Waals surface area contributed by atoms with Crippen molar-refractivity contribution < 1.29 is 27.9 Å². The van der Waals surface area contributed by atoms with Gasteiger partial charge >= 0.3 is 5.97 Å². The van der Waals surface area contributed by atoms with Crippen molar-refractivity contribution in [2.75, 3.05) is 26.3 Å². The third-order valence-electron chi connectivity index (χ3n) is 6.50. The molecule has 188 valence electrons. The first-order valence-corrected chi connectivity index (χ1v) is 14.0. The van der Waals surface area contributed by atoms with E-state index in [-0.39, 0.29) is 16.5 Å². The van der Waals surface area contributed by atoms with E-state index < -0.39 is 27.4 Å². The van der Waals surface area contributed by atoms with Crippen LogP contribution >= 0.6 is 22.9 Å². The number of sulfonamides is 1. The molecule has 0 spiro atoms. The summed E-state index contributed by atoms with van der Waals surface area (Å²) in [6, 6.07) is 16.9. The molecule has 3 aromatic rings. The number of ether oxygens (including phenoxy) is 1. The van der Waals surface area contributed by atoms with Crippen LogP contribution in [-0.2, 0) is 19.6 Å². The van der Waals surface area contributed by atoms with Gasteiger partial charge in [-0.1, -0.05) is 41.9 Å². The van der Waals surface area contributed by atoms with Gasteiger partial charge in [-0.3, -0.25) is 9.59 Å². The third kappa shape index (κ3) is 4.67. The lowest BCUT2D eigenvalue weighted by molar-refractivity contribution is -0.140. The van der Waals surface area contributed by atoms with Crippen LogP contribution in [0.25, 0.3) is 10.4 Å². The van der Waals surface area contributed by atoms with E-state index in [0.717, 1.165) is 16.9 Å². The van der Waals surface area contributed by atoms with Crippen molar-refractivity contribution in [3.63, 3.8) is 0 Å². The molecule has 1 saturated heterocycles. The molecule has 2 aromatic carbocycles. The Morgan fingerprint density at radius 2 is 1.75 bits per heavy atom. The highest BCUT2D eigenvalue weighted by Crippen LogP contribution is 2.53. The number of carboxylic acid groups (broad SMARTS) is 1. The largest absolute Gasteiger partial charge is 0.480 e. The average Bonchev–Trinajstić information content (AvgIpc) is 3.36. The maximum Gasteiger partial charge on any atom is 0.325 e. The second-order valence-corrected chi connectivity index (χ2v) is 12.2. The van der Waals surface area contributed by atoms with Gasteiger partial charge in [-0.25, -0.2) is 8.42 Å². The van der Waals surface area contributed by atoms with Crippen molar-refractivity contribution in [1.29, 1.82) is 0 Å². The number of amides is 1. The molecular weight excluding hydrogens is 524 g/mol. The van der Waals surface area contributed by atoms with E-state index in [0.29, 0.717) is 47.3 Å². The summed E-state index contributed by atoms with van der Waals surface area (Å²) in [6.07, 6.45) is 0.0460. The number of nitrogens with one attached hydrogen (secondary N) is 1. The second-order valence-electron chi connectivity index (χ2n) is 8.76. The number of aliphatic carboxylic acids is 1. The first-order valence-electron chi connectivity index (χ1n) is 11.3. The predicted octanol–water partition coefficient (Wildman–Crippen LogP) is 3.83. The van der Waals surface area contributed by atoms with Crippen LogP contribution in [0.1, 0.15) is 28.3 Å². The maximum atomic E-state index is 13.3. The minimum absolute atomic E-state index is 0.0106. The smallest absolute Gasteiger partial charge is 0.325 e. The molecule has 2 atom stereocenters. The number of halogens is 1. The van der Waals surface area contributed by atoms with E-state index in [4.69, 9.17) is 16.3 Å². The Labute approximate surface area is 217 Å². The second kappa shape index (κ2) is 9.60. The number of hydrogen-bond donors (Lipinski definition) is 2. The molecule has 2 N–H and O–H groups in total. The van der Waals surface area contributed by atoms with Crippen molar-refractivity contribution in [1.82, 2.24) is 9.62 Å². The Morgan fingerprint density at radius 3 is 2.44 bits per heavy atom. The molecule has 8 nitrogen and oxygen atoms in total. The quantitative estimate of drug-likeness (QED) is 0.466. The molecule has 1 aromatic heterocycles. The molecular formula is C25H23ClN2O6S2. The molecule has 0 unspecified atom stereocenters. The van der Waals surface area contributed by atoms with Gasteiger partial charge in [0.15, 0.2) is 0 Å². The van der Waals surface area contributed by atoms with Gasteiger partial charge in [0.05, 0.1) is 13.2 Å². The fourth-order valence-corrected chi connectivity index (χ4v) is 7.33. The number of carbonyl (C=O) groups excluding carboxylic acids is 1. The van der Waals surface area contributed by atoms with Crippen molar-refractivity contribution in [2.45, 2.75) is 22.1 Å². The lowest BCUT2D eigenvalue weighted by atomic mass is 9.99. The summed E-state index contributed by atoms with van der Waals surface area (Å²) >= 11 is 6.98.